The zero-order valence-corrected chi connectivity index (χ0v) is 12.5. The van der Waals surface area contributed by atoms with Gasteiger partial charge in [-0.05, 0) is 36.5 Å². The minimum atomic E-state index is -0.631. The molecule has 0 radical (unpaired) electrons. The number of nitrogens with zero attached hydrogens (tertiary/aromatic N) is 1. The summed E-state index contributed by atoms with van der Waals surface area (Å²) >= 11 is 6.22. The van der Waals surface area contributed by atoms with E-state index in [0.29, 0.717) is 6.54 Å². The number of halogens is 1. The largest absolute Gasteiger partial charge is 0.336 e. The molecule has 1 aliphatic heterocycles. The first-order valence-electron chi connectivity index (χ1n) is 7.45. The van der Waals surface area contributed by atoms with Crippen molar-refractivity contribution >= 4 is 17.5 Å². The fraction of sp³-hybridized carbons (Fsp3) is 0.562. The van der Waals surface area contributed by atoms with Crippen molar-refractivity contribution in [1.82, 2.24) is 4.90 Å². The molecule has 4 heteroatoms. The van der Waals surface area contributed by atoms with Crippen LogP contribution in [0.2, 0.25) is 5.02 Å². The Balaban J connectivity index is 1.78. The van der Waals surface area contributed by atoms with E-state index in [4.69, 9.17) is 17.3 Å². The quantitative estimate of drug-likeness (QED) is 0.865. The van der Waals surface area contributed by atoms with Crippen molar-refractivity contribution in [3.8, 4) is 0 Å². The number of rotatable bonds is 1. The van der Waals surface area contributed by atoms with Gasteiger partial charge in [0.05, 0.1) is 5.54 Å². The minimum absolute atomic E-state index is 0.128. The zero-order valence-electron chi connectivity index (χ0n) is 11.7. The Morgan fingerprint density at radius 3 is 2.75 bits per heavy atom. The maximum absolute atomic E-state index is 12.7. The van der Waals surface area contributed by atoms with Crippen LogP contribution in [0.1, 0.15) is 43.2 Å². The second-order valence-corrected chi connectivity index (χ2v) is 6.48. The van der Waals surface area contributed by atoms with Crippen molar-refractivity contribution in [2.45, 2.75) is 50.6 Å². The second kappa shape index (κ2) is 5.38. The number of carbonyl (C=O) groups excluding carboxylic acids is 1. The molecular formula is C16H21ClN2O. The van der Waals surface area contributed by atoms with Gasteiger partial charge in [0, 0.05) is 18.1 Å². The molecule has 3 rings (SSSR count). The average Bonchev–Trinajstić information content (AvgIpc) is 2.47. The molecule has 1 amide bonds. The van der Waals surface area contributed by atoms with E-state index in [-0.39, 0.29) is 5.91 Å². The molecule has 3 nitrogen and oxygen atoms in total. The smallest absolute Gasteiger partial charge is 0.242 e. The van der Waals surface area contributed by atoms with E-state index in [1.54, 1.807) is 0 Å². The lowest BCUT2D eigenvalue weighted by atomic mass is 9.81. The van der Waals surface area contributed by atoms with Crippen LogP contribution in [0.3, 0.4) is 0 Å². The molecule has 0 bridgehead atoms. The Bertz CT molecular complexity index is 523. The first kappa shape index (κ1) is 13.9. The summed E-state index contributed by atoms with van der Waals surface area (Å²) in [7, 11) is 0. The van der Waals surface area contributed by atoms with Crippen LogP contribution >= 0.6 is 11.6 Å². The molecule has 1 aromatic carbocycles. The highest BCUT2D eigenvalue weighted by Gasteiger charge is 2.39. The Morgan fingerprint density at radius 1 is 1.25 bits per heavy atom. The number of benzene rings is 1. The summed E-state index contributed by atoms with van der Waals surface area (Å²) in [6.07, 6.45) is 5.81. The molecule has 2 N–H and O–H groups in total. The van der Waals surface area contributed by atoms with Gasteiger partial charge in [-0.25, -0.2) is 0 Å². The SMILES string of the molecule is NC1(C(=O)N2CCc3c(Cl)cccc3C2)CCCCC1. The minimum Gasteiger partial charge on any atom is -0.336 e. The fourth-order valence-corrected chi connectivity index (χ4v) is 3.74. The summed E-state index contributed by atoms with van der Waals surface area (Å²) in [5, 5.41) is 0.815. The summed E-state index contributed by atoms with van der Waals surface area (Å²) in [4.78, 5) is 14.7. The molecule has 2 aliphatic rings. The van der Waals surface area contributed by atoms with Gasteiger partial charge in [-0.2, -0.15) is 0 Å². The van der Waals surface area contributed by atoms with Crippen LogP contribution in [-0.4, -0.2) is 22.9 Å². The van der Waals surface area contributed by atoms with Gasteiger partial charge in [-0.3, -0.25) is 4.79 Å². The summed E-state index contributed by atoms with van der Waals surface area (Å²) in [6, 6.07) is 5.93. The van der Waals surface area contributed by atoms with Crippen LogP contribution in [0.4, 0.5) is 0 Å². The second-order valence-electron chi connectivity index (χ2n) is 6.07. The van der Waals surface area contributed by atoms with Crippen LogP contribution in [0.5, 0.6) is 0 Å². The molecule has 0 spiro atoms. The zero-order chi connectivity index (χ0) is 14.2. The van der Waals surface area contributed by atoms with Crippen LogP contribution in [0.15, 0.2) is 18.2 Å². The summed E-state index contributed by atoms with van der Waals surface area (Å²) in [6.45, 7) is 1.38. The lowest BCUT2D eigenvalue weighted by molar-refractivity contribution is -0.139. The van der Waals surface area contributed by atoms with Gasteiger partial charge in [-0.1, -0.05) is 43.0 Å². The van der Waals surface area contributed by atoms with E-state index in [0.717, 1.165) is 49.2 Å². The molecule has 0 atom stereocenters. The molecule has 1 heterocycles. The maximum Gasteiger partial charge on any atom is 0.242 e. The molecule has 1 fully saturated rings. The predicted octanol–water partition coefficient (Wildman–Crippen LogP) is 2.89. The average molecular weight is 293 g/mol. The highest BCUT2D eigenvalue weighted by Crippen LogP contribution is 2.31. The van der Waals surface area contributed by atoms with E-state index in [1.807, 2.05) is 17.0 Å². The Morgan fingerprint density at radius 2 is 2.00 bits per heavy atom. The molecule has 0 unspecified atom stereocenters. The Hall–Kier alpha value is -1.06. The van der Waals surface area contributed by atoms with Crippen LogP contribution < -0.4 is 5.73 Å². The number of nitrogens with two attached hydrogens (primary N) is 1. The third-order valence-corrected chi connectivity index (χ3v) is 5.02. The van der Waals surface area contributed by atoms with Crippen LogP contribution in [-0.2, 0) is 17.8 Å². The van der Waals surface area contributed by atoms with Crippen molar-refractivity contribution in [2.75, 3.05) is 6.54 Å². The topological polar surface area (TPSA) is 46.3 Å². The van der Waals surface area contributed by atoms with Gasteiger partial charge in [-0.15, -0.1) is 0 Å². The fourth-order valence-electron chi connectivity index (χ4n) is 3.45. The predicted molar refractivity (Wildman–Crippen MR) is 80.6 cm³/mol. The lowest BCUT2D eigenvalue weighted by Crippen LogP contribution is -2.57. The standard InChI is InChI=1S/C16H21ClN2O/c17-14-6-4-5-12-11-19(10-7-13(12)14)15(20)16(18)8-2-1-3-9-16/h4-6H,1-3,7-11,18H2. The van der Waals surface area contributed by atoms with E-state index in [9.17, 15) is 4.79 Å². The maximum atomic E-state index is 12.7. The van der Waals surface area contributed by atoms with Crippen LogP contribution in [0, 0.1) is 0 Å². The first-order valence-corrected chi connectivity index (χ1v) is 7.82. The van der Waals surface area contributed by atoms with Crippen molar-refractivity contribution < 1.29 is 4.79 Å². The number of fused-ring (bicyclic) bond motifs is 1. The molecule has 1 aliphatic carbocycles. The summed E-state index contributed by atoms with van der Waals surface area (Å²) in [5.41, 5.74) is 8.09. The van der Waals surface area contributed by atoms with Crippen molar-refractivity contribution in [3.05, 3.63) is 34.3 Å². The van der Waals surface area contributed by atoms with E-state index >= 15 is 0 Å². The van der Waals surface area contributed by atoms with Crippen molar-refractivity contribution in [2.24, 2.45) is 5.73 Å². The first-order chi connectivity index (χ1) is 9.60. The molecule has 0 aromatic heterocycles. The number of carbonyl (C=O) groups is 1. The highest BCUT2D eigenvalue weighted by atomic mass is 35.5. The Kier molecular flexibility index (Phi) is 3.74. The highest BCUT2D eigenvalue weighted by molar-refractivity contribution is 6.31. The van der Waals surface area contributed by atoms with Gasteiger partial charge in [0.2, 0.25) is 5.91 Å². The lowest BCUT2D eigenvalue weighted by Gasteiger charge is -2.39. The van der Waals surface area contributed by atoms with Crippen molar-refractivity contribution in [1.29, 1.82) is 0 Å². The molecule has 20 heavy (non-hydrogen) atoms. The van der Waals surface area contributed by atoms with Gasteiger partial charge in [0.1, 0.15) is 0 Å². The number of amides is 1. The monoisotopic (exact) mass is 292 g/mol. The van der Waals surface area contributed by atoms with Gasteiger partial charge >= 0.3 is 0 Å². The van der Waals surface area contributed by atoms with E-state index in [1.165, 1.54) is 12.0 Å². The Labute approximate surface area is 125 Å². The third kappa shape index (κ3) is 2.45. The van der Waals surface area contributed by atoms with Gasteiger partial charge in [0.15, 0.2) is 0 Å². The van der Waals surface area contributed by atoms with E-state index < -0.39 is 5.54 Å². The molecule has 1 saturated carbocycles. The number of hydrogen-bond donors (Lipinski definition) is 1. The molecule has 0 saturated heterocycles. The van der Waals surface area contributed by atoms with Gasteiger partial charge in [0.25, 0.3) is 0 Å². The molecule has 108 valence electrons. The summed E-state index contributed by atoms with van der Waals surface area (Å²) < 4.78 is 0. The van der Waals surface area contributed by atoms with Gasteiger partial charge < -0.3 is 10.6 Å². The van der Waals surface area contributed by atoms with Crippen molar-refractivity contribution in [3.63, 3.8) is 0 Å². The number of hydrogen-bond acceptors (Lipinski definition) is 2. The third-order valence-electron chi connectivity index (χ3n) is 4.67. The molecular weight excluding hydrogens is 272 g/mol. The summed E-state index contributed by atoms with van der Waals surface area (Å²) in [5.74, 6) is 0.128. The normalized spacial score (nSPS) is 21.4. The van der Waals surface area contributed by atoms with E-state index in [2.05, 4.69) is 6.07 Å². The van der Waals surface area contributed by atoms with Crippen LogP contribution in [0.25, 0.3) is 0 Å². The molecule has 1 aromatic rings.